The second-order valence-electron chi connectivity index (χ2n) is 1.62. The first-order valence-electron chi connectivity index (χ1n) is 2.56. The van der Waals surface area contributed by atoms with Gasteiger partial charge in [0.25, 0.3) is 0 Å². The van der Waals surface area contributed by atoms with Crippen molar-refractivity contribution in [2.75, 3.05) is 0 Å². The highest BCUT2D eigenvalue weighted by Gasteiger charge is 1.81. The molecule has 1 atom stereocenters. The molecule has 0 saturated heterocycles. The highest BCUT2D eigenvalue weighted by atomic mass is 13.9. The molecule has 0 heterocycles. The van der Waals surface area contributed by atoms with Gasteiger partial charge in [-0.25, -0.2) is 0 Å². The summed E-state index contributed by atoms with van der Waals surface area (Å²) in [5.41, 5.74) is 0. The lowest BCUT2D eigenvalue weighted by molar-refractivity contribution is 0.941. The van der Waals surface area contributed by atoms with Gasteiger partial charge in [-0.1, -0.05) is 25.2 Å². The molecule has 0 aliphatic carbocycles. The van der Waals surface area contributed by atoms with Gasteiger partial charge in [-0.3, -0.25) is 0 Å². The van der Waals surface area contributed by atoms with Crippen LogP contribution in [0.25, 0.3) is 0 Å². The van der Waals surface area contributed by atoms with E-state index >= 15 is 0 Å². The van der Waals surface area contributed by atoms with Gasteiger partial charge in [0, 0.05) is 0 Å². The first-order chi connectivity index (χ1) is 3.31. The normalized spacial score (nSPS) is 14.6. The van der Waals surface area contributed by atoms with Crippen LogP contribution in [-0.2, 0) is 0 Å². The fourth-order valence-corrected chi connectivity index (χ4v) is 0.382. The molecule has 0 aliphatic heterocycles. The molecule has 0 radical (unpaired) electrons. The van der Waals surface area contributed by atoms with E-state index in [1.807, 2.05) is 19.1 Å². The molecule has 0 aromatic rings. The van der Waals surface area contributed by atoms with Crippen LogP contribution in [0.4, 0.5) is 0 Å². The zero-order chi connectivity index (χ0) is 5.70. The Morgan fingerprint density at radius 1 is 1.57 bits per heavy atom. The van der Waals surface area contributed by atoms with Gasteiger partial charge in [0.2, 0.25) is 0 Å². The average Bonchev–Trinajstić information content (AvgIpc) is 1.68. The highest BCUT2D eigenvalue weighted by Crippen LogP contribution is 1.95. The average molecular weight is 96.2 g/mol. The number of allylic oxidation sites excluding steroid dienone is 3. The first-order valence-corrected chi connectivity index (χ1v) is 2.56. The van der Waals surface area contributed by atoms with Crippen LogP contribution in [0.15, 0.2) is 24.8 Å². The van der Waals surface area contributed by atoms with Crippen molar-refractivity contribution in [3.05, 3.63) is 24.8 Å². The summed E-state index contributed by atoms with van der Waals surface area (Å²) < 4.78 is 0. The van der Waals surface area contributed by atoms with Crippen LogP contribution < -0.4 is 0 Å². The third kappa shape index (κ3) is 3.31. The maximum Gasteiger partial charge on any atom is -0.00847 e. The zero-order valence-corrected chi connectivity index (χ0v) is 5.02. The molecule has 0 rings (SSSR count). The largest absolute Gasteiger partial charge is 0.102 e. The first kappa shape index (κ1) is 6.48. The minimum Gasteiger partial charge on any atom is -0.102 e. The quantitative estimate of drug-likeness (QED) is 0.463. The van der Waals surface area contributed by atoms with Gasteiger partial charge in [-0.05, 0) is 12.8 Å². The zero-order valence-electron chi connectivity index (χ0n) is 5.02. The van der Waals surface area contributed by atoms with E-state index in [-0.39, 0.29) is 0 Å². The number of rotatable bonds is 2. The van der Waals surface area contributed by atoms with Crippen molar-refractivity contribution in [1.29, 1.82) is 0 Å². The second-order valence-corrected chi connectivity index (χ2v) is 1.62. The highest BCUT2D eigenvalue weighted by molar-refractivity contribution is 4.92. The summed E-state index contributed by atoms with van der Waals surface area (Å²) in [4.78, 5) is 0. The van der Waals surface area contributed by atoms with E-state index in [4.69, 9.17) is 0 Å². The Labute approximate surface area is 45.5 Å². The minimum atomic E-state index is 0.532. The molecule has 40 valence electrons. The summed E-state index contributed by atoms with van der Waals surface area (Å²) >= 11 is 0. The number of hydrogen-bond acceptors (Lipinski definition) is 0. The molecule has 0 spiro atoms. The molecule has 0 saturated carbocycles. The standard InChI is InChI=1S/C7H12/c1-4-6-7(3)5-2/h4-7H,2H2,1,3H3. The molecule has 0 aliphatic rings. The van der Waals surface area contributed by atoms with Crippen molar-refractivity contribution >= 4 is 0 Å². The van der Waals surface area contributed by atoms with Gasteiger partial charge < -0.3 is 0 Å². The van der Waals surface area contributed by atoms with Crippen molar-refractivity contribution in [3.8, 4) is 0 Å². The molecule has 0 aromatic carbocycles. The lowest BCUT2D eigenvalue weighted by atomic mass is 10.2. The molecule has 0 nitrogen and oxygen atoms in total. The van der Waals surface area contributed by atoms with Gasteiger partial charge in [0.1, 0.15) is 0 Å². The van der Waals surface area contributed by atoms with E-state index in [0.29, 0.717) is 5.92 Å². The molecule has 0 aromatic heterocycles. The van der Waals surface area contributed by atoms with E-state index in [1.54, 1.807) is 0 Å². The van der Waals surface area contributed by atoms with Crippen LogP contribution in [0.2, 0.25) is 0 Å². The molecular formula is C7H12. The van der Waals surface area contributed by atoms with Crippen LogP contribution in [0.1, 0.15) is 13.8 Å². The predicted octanol–water partition coefficient (Wildman–Crippen LogP) is 2.38. The summed E-state index contributed by atoms with van der Waals surface area (Å²) in [5.74, 6) is 0.532. The SMILES string of the molecule is C=CC(C)C=CC. The van der Waals surface area contributed by atoms with Gasteiger partial charge in [-0.2, -0.15) is 0 Å². The van der Waals surface area contributed by atoms with Crippen molar-refractivity contribution in [1.82, 2.24) is 0 Å². The lowest BCUT2D eigenvalue weighted by Gasteiger charge is -1.90. The van der Waals surface area contributed by atoms with Crippen LogP contribution in [0.5, 0.6) is 0 Å². The molecular weight excluding hydrogens is 84.1 g/mol. The fraction of sp³-hybridized carbons (Fsp3) is 0.429. The lowest BCUT2D eigenvalue weighted by Crippen LogP contribution is -1.76. The second kappa shape index (κ2) is 3.66. The van der Waals surface area contributed by atoms with Gasteiger partial charge in [0.15, 0.2) is 0 Å². The van der Waals surface area contributed by atoms with Gasteiger partial charge in [0.05, 0.1) is 0 Å². The molecule has 0 fully saturated rings. The van der Waals surface area contributed by atoms with E-state index in [1.165, 1.54) is 0 Å². The summed E-state index contributed by atoms with van der Waals surface area (Å²) in [6, 6.07) is 0. The molecule has 0 N–H and O–H groups in total. The monoisotopic (exact) mass is 96.1 g/mol. The molecule has 0 heteroatoms. The predicted molar refractivity (Wildman–Crippen MR) is 34.2 cm³/mol. The summed E-state index contributed by atoms with van der Waals surface area (Å²) in [6.45, 7) is 7.75. The van der Waals surface area contributed by atoms with E-state index in [9.17, 15) is 0 Å². The Morgan fingerprint density at radius 3 is 2.29 bits per heavy atom. The van der Waals surface area contributed by atoms with Crippen molar-refractivity contribution in [2.45, 2.75) is 13.8 Å². The van der Waals surface area contributed by atoms with E-state index < -0.39 is 0 Å². The Kier molecular flexibility index (Phi) is 3.39. The Morgan fingerprint density at radius 2 is 2.14 bits per heavy atom. The molecule has 0 bridgehead atoms. The van der Waals surface area contributed by atoms with Crippen LogP contribution >= 0.6 is 0 Å². The third-order valence-corrected chi connectivity index (χ3v) is 0.868. The van der Waals surface area contributed by atoms with Crippen molar-refractivity contribution in [2.24, 2.45) is 5.92 Å². The maximum atomic E-state index is 3.63. The summed E-state index contributed by atoms with van der Waals surface area (Å²) in [6.07, 6.45) is 6.05. The Balaban J connectivity index is 3.35. The molecule has 7 heavy (non-hydrogen) atoms. The van der Waals surface area contributed by atoms with E-state index in [2.05, 4.69) is 19.6 Å². The van der Waals surface area contributed by atoms with Crippen molar-refractivity contribution in [3.63, 3.8) is 0 Å². The third-order valence-electron chi connectivity index (χ3n) is 0.868. The Bertz CT molecular complexity index is 70.1. The minimum absolute atomic E-state index is 0.532. The summed E-state index contributed by atoms with van der Waals surface area (Å²) in [7, 11) is 0. The smallest absolute Gasteiger partial charge is 0.00847 e. The summed E-state index contributed by atoms with van der Waals surface area (Å²) in [5, 5.41) is 0. The van der Waals surface area contributed by atoms with Gasteiger partial charge in [-0.15, -0.1) is 6.58 Å². The number of hydrogen-bond donors (Lipinski definition) is 0. The topological polar surface area (TPSA) is 0 Å². The van der Waals surface area contributed by atoms with Crippen LogP contribution in [-0.4, -0.2) is 0 Å². The van der Waals surface area contributed by atoms with Gasteiger partial charge >= 0.3 is 0 Å². The van der Waals surface area contributed by atoms with Crippen LogP contribution in [0.3, 0.4) is 0 Å². The maximum absolute atomic E-state index is 3.63. The Hall–Kier alpha value is -0.520. The molecule has 0 amide bonds. The molecule has 1 unspecified atom stereocenters. The fourth-order valence-electron chi connectivity index (χ4n) is 0.382. The van der Waals surface area contributed by atoms with Crippen molar-refractivity contribution < 1.29 is 0 Å². The van der Waals surface area contributed by atoms with E-state index in [0.717, 1.165) is 0 Å². The van der Waals surface area contributed by atoms with Crippen LogP contribution in [0, 0.1) is 5.92 Å².